The number of nitrogens with zero attached hydrogens (tertiary/aromatic N) is 2. The Morgan fingerprint density at radius 3 is 2.50 bits per heavy atom. The van der Waals surface area contributed by atoms with Gasteiger partial charge in [-0.1, -0.05) is 23.2 Å². The number of sulfonamides is 1. The minimum Gasteiger partial charge on any atom is -0.381 e. The number of anilines is 1. The summed E-state index contributed by atoms with van der Waals surface area (Å²) in [5.74, 6) is 0. The molecule has 6 nitrogen and oxygen atoms in total. The standard InChI is InChI=1S/C9H14Cl2N4O2S/c1-9(2,15-18(3,16)17)5-12-6-4-7(10)13-14-8(6)11/h4,15H,5H2,1-3H3,(H,12,13). The lowest BCUT2D eigenvalue weighted by Crippen LogP contribution is -2.47. The lowest BCUT2D eigenvalue weighted by atomic mass is 10.1. The fourth-order valence-corrected chi connectivity index (χ4v) is 2.71. The van der Waals surface area contributed by atoms with Crippen molar-refractivity contribution >= 4 is 38.9 Å². The number of halogens is 2. The van der Waals surface area contributed by atoms with E-state index in [0.717, 1.165) is 6.26 Å². The molecule has 0 aliphatic rings. The molecule has 0 unspecified atom stereocenters. The SMILES string of the molecule is CC(C)(CNc1cc(Cl)nnc1Cl)NS(C)(=O)=O. The van der Waals surface area contributed by atoms with E-state index in [0.29, 0.717) is 12.2 Å². The Labute approximate surface area is 116 Å². The van der Waals surface area contributed by atoms with Gasteiger partial charge in [0.05, 0.1) is 11.9 Å². The van der Waals surface area contributed by atoms with Crippen LogP contribution in [-0.2, 0) is 10.0 Å². The molecule has 1 rings (SSSR count). The van der Waals surface area contributed by atoms with Gasteiger partial charge in [0, 0.05) is 18.2 Å². The van der Waals surface area contributed by atoms with Crippen LogP contribution >= 0.6 is 23.2 Å². The molecular formula is C9H14Cl2N4O2S. The van der Waals surface area contributed by atoms with Crippen LogP contribution in [0.15, 0.2) is 6.07 Å². The molecule has 0 saturated heterocycles. The van der Waals surface area contributed by atoms with E-state index in [1.807, 2.05) is 0 Å². The summed E-state index contributed by atoms with van der Waals surface area (Å²) in [4.78, 5) is 0. The second-order valence-corrected chi connectivity index (χ2v) is 6.98. The second-order valence-electron chi connectivity index (χ2n) is 4.48. The van der Waals surface area contributed by atoms with Crippen molar-refractivity contribution in [3.8, 4) is 0 Å². The maximum absolute atomic E-state index is 11.2. The monoisotopic (exact) mass is 312 g/mol. The molecule has 0 bridgehead atoms. The number of hydrogen-bond donors (Lipinski definition) is 2. The van der Waals surface area contributed by atoms with Crippen LogP contribution in [0.2, 0.25) is 10.3 Å². The number of rotatable bonds is 5. The minimum absolute atomic E-state index is 0.176. The van der Waals surface area contributed by atoms with Crippen molar-refractivity contribution < 1.29 is 8.42 Å². The van der Waals surface area contributed by atoms with Crippen LogP contribution in [0.25, 0.3) is 0 Å². The number of hydrogen-bond acceptors (Lipinski definition) is 5. The van der Waals surface area contributed by atoms with Gasteiger partial charge in [-0.15, -0.1) is 10.2 Å². The number of aromatic nitrogens is 2. The van der Waals surface area contributed by atoms with Gasteiger partial charge >= 0.3 is 0 Å². The van der Waals surface area contributed by atoms with E-state index in [-0.39, 0.29) is 10.3 Å². The zero-order valence-electron chi connectivity index (χ0n) is 10.2. The summed E-state index contributed by atoms with van der Waals surface area (Å²) in [6.45, 7) is 3.80. The molecule has 9 heteroatoms. The second kappa shape index (κ2) is 5.56. The van der Waals surface area contributed by atoms with E-state index < -0.39 is 15.6 Å². The molecule has 1 aromatic rings. The summed E-state index contributed by atoms with van der Waals surface area (Å²) in [6, 6.07) is 1.52. The Kier molecular flexibility index (Phi) is 4.77. The average Bonchev–Trinajstić information content (AvgIpc) is 2.16. The summed E-state index contributed by atoms with van der Waals surface area (Å²) in [5, 5.41) is 10.6. The molecular weight excluding hydrogens is 299 g/mol. The molecule has 0 aliphatic heterocycles. The third kappa shape index (κ3) is 5.34. The molecule has 0 radical (unpaired) electrons. The molecule has 18 heavy (non-hydrogen) atoms. The molecule has 0 aliphatic carbocycles. The van der Waals surface area contributed by atoms with E-state index >= 15 is 0 Å². The van der Waals surface area contributed by atoms with Crippen LogP contribution in [0.4, 0.5) is 5.69 Å². The highest BCUT2D eigenvalue weighted by molar-refractivity contribution is 7.88. The highest BCUT2D eigenvalue weighted by Gasteiger charge is 2.22. The first-order valence-corrected chi connectivity index (χ1v) is 7.65. The average molecular weight is 313 g/mol. The molecule has 102 valence electrons. The lowest BCUT2D eigenvalue weighted by Gasteiger charge is -2.25. The topological polar surface area (TPSA) is 84.0 Å². The van der Waals surface area contributed by atoms with Crippen LogP contribution in [0.1, 0.15) is 13.8 Å². The Morgan fingerprint density at radius 1 is 1.33 bits per heavy atom. The van der Waals surface area contributed by atoms with Crippen molar-refractivity contribution in [2.75, 3.05) is 18.1 Å². The summed E-state index contributed by atoms with van der Waals surface area (Å²) in [6.07, 6.45) is 1.10. The molecule has 0 atom stereocenters. The Morgan fingerprint density at radius 2 is 1.94 bits per heavy atom. The van der Waals surface area contributed by atoms with Gasteiger partial charge in [-0.3, -0.25) is 0 Å². The predicted molar refractivity (Wildman–Crippen MR) is 72.6 cm³/mol. The summed E-state index contributed by atoms with van der Waals surface area (Å²) >= 11 is 11.5. The fraction of sp³-hybridized carbons (Fsp3) is 0.556. The fourth-order valence-electron chi connectivity index (χ4n) is 1.33. The minimum atomic E-state index is -3.28. The van der Waals surface area contributed by atoms with E-state index in [1.54, 1.807) is 13.8 Å². The van der Waals surface area contributed by atoms with Crippen molar-refractivity contribution in [1.82, 2.24) is 14.9 Å². The van der Waals surface area contributed by atoms with Gasteiger partial charge in [0.25, 0.3) is 0 Å². The molecule has 2 N–H and O–H groups in total. The van der Waals surface area contributed by atoms with Crippen molar-refractivity contribution in [3.05, 3.63) is 16.4 Å². The van der Waals surface area contributed by atoms with Gasteiger partial charge in [0.2, 0.25) is 10.0 Å². The van der Waals surface area contributed by atoms with E-state index in [4.69, 9.17) is 23.2 Å². The van der Waals surface area contributed by atoms with Gasteiger partial charge in [0.1, 0.15) is 0 Å². The lowest BCUT2D eigenvalue weighted by molar-refractivity contribution is 0.476. The largest absolute Gasteiger partial charge is 0.381 e. The van der Waals surface area contributed by atoms with E-state index in [9.17, 15) is 8.42 Å². The molecule has 0 amide bonds. The summed E-state index contributed by atoms with van der Waals surface area (Å²) in [5.41, 5.74) is -0.174. The molecule has 0 spiro atoms. The quantitative estimate of drug-likeness (QED) is 0.861. The first-order chi connectivity index (χ1) is 8.09. The normalized spacial score (nSPS) is 12.5. The van der Waals surface area contributed by atoms with Crippen LogP contribution < -0.4 is 10.0 Å². The highest BCUT2D eigenvalue weighted by Crippen LogP contribution is 2.21. The Hall–Kier alpha value is -0.630. The van der Waals surface area contributed by atoms with Crippen molar-refractivity contribution in [2.24, 2.45) is 0 Å². The molecule has 0 fully saturated rings. The predicted octanol–water partition coefficient (Wildman–Crippen LogP) is 1.52. The third-order valence-electron chi connectivity index (χ3n) is 1.90. The third-order valence-corrected chi connectivity index (χ3v) is 3.29. The maximum Gasteiger partial charge on any atom is 0.209 e. The van der Waals surface area contributed by atoms with Gasteiger partial charge in [-0.05, 0) is 13.8 Å². The van der Waals surface area contributed by atoms with Crippen LogP contribution in [-0.4, -0.2) is 37.0 Å². The molecule has 0 saturated carbocycles. The highest BCUT2D eigenvalue weighted by atomic mass is 35.5. The zero-order valence-corrected chi connectivity index (χ0v) is 12.5. The summed E-state index contributed by atoms with van der Waals surface area (Å²) < 4.78 is 24.8. The van der Waals surface area contributed by atoms with Gasteiger partial charge in [0.15, 0.2) is 10.3 Å². The Bertz CT molecular complexity index is 533. The zero-order chi connectivity index (χ0) is 14.0. The van der Waals surface area contributed by atoms with Crippen LogP contribution in [0, 0.1) is 0 Å². The van der Waals surface area contributed by atoms with Gasteiger partial charge in [-0.25, -0.2) is 13.1 Å². The van der Waals surface area contributed by atoms with Gasteiger partial charge in [-0.2, -0.15) is 0 Å². The molecule has 1 heterocycles. The van der Waals surface area contributed by atoms with E-state index in [2.05, 4.69) is 20.2 Å². The van der Waals surface area contributed by atoms with Crippen molar-refractivity contribution in [1.29, 1.82) is 0 Å². The van der Waals surface area contributed by atoms with Crippen LogP contribution in [0.3, 0.4) is 0 Å². The van der Waals surface area contributed by atoms with Gasteiger partial charge < -0.3 is 5.32 Å². The first-order valence-electron chi connectivity index (χ1n) is 5.01. The van der Waals surface area contributed by atoms with Crippen LogP contribution in [0.5, 0.6) is 0 Å². The van der Waals surface area contributed by atoms with Crippen molar-refractivity contribution in [3.63, 3.8) is 0 Å². The number of nitrogens with one attached hydrogen (secondary N) is 2. The van der Waals surface area contributed by atoms with Crippen molar-refractivity contribution in [2.45, 2.75) is 19.4 Å². The maximum atomic E-state index is 11.2. The molecule has 1 aromatic heterocycles. The smallest absolute Gasteiger partial charge is 0.209 e. The molecule has 0 aromatic carbocycles. The summed E-state index contributed by atoms with van der Waals surface area (Å²) in [7, 11) is -3.28. The Balaban J connectivity index is 2.72. The van der Waals surface area contributed by atoms with E-state index in [1.165, 1.54) is 6.07 Å². The first kappa shape index (κ1) is 15.4.